The SMILES string of the molecule is CS[C](C)SC. The lowest BCUT2D eigenvalue weighted by molar-refractivity contribution is 1.66. The van der Waals surface area contributed by atoms with Crippen LogP contribution in [0.3, 0.4) is 0 Å². The molecule has 0 saturated heterocycles. The van der Waals surface area contributed by atoms with E-state index in [1.807, 2.05) is 0 Å². The van der Waals surface area contributed by atoms with Crippen LogP contribution in [0.25, 0.3) is 0 Å². The van der Waals surface area contributed by atoms with Gasteiger partial charge in [-0.25, -0.2) is 0 Å². The fourth-order valence-corrected chi connectivity index (χ4v) is 0.750. The van der Waals surface area contributed by atoms with Crippen LogP contribution in [0, 0.1) is 4.58 Å². The number of hydrogen-bond donors (Lipinski definition) is 0. The third-order valence-electron chi connectivity index (χ3n) is 0.575. The number of thioether (sulfide) groups is 2. The van der Waals surface area contributed by atoms with Crippen LogP contribution in [0.2, 0.25) is 0 Å². The van der Waals surface area contributed by atoms with Crippen molar-refractivity contribution in [3.63, 3.8) is 0 Å². The van der Waals surface area contributed by atoms with Crippen LogP contribution in [0.15, 0.2) is 0 Å². The predicted molar refractivity (Wildman–Crippen MR) is 35.9 cm³/mol. The second-order valence-electron chi connectivity index (χ2n) is 0.900. The van der Waals surface area contributed by atoms with Gasteiger partial charge in [-0.15, -0.1) is 23.5 Å². The van der Waals surface area contributed by atoms with Gasteiger partial charge in [-0.05, 0) is 19.4 Å². The number of rotatable bonds is 2. The van der Waals surface area contributed by atoms with Gasteiger partial charge in [0.25, 0.3) is 0 Å². The zero-order chi connectivity index (χ0) is 4.99. The Hall–Kier alpha value is 0.700. The summed E-state index contributed by atoms with van der Waals surface area (Å²) in [4.78, 5) is 0. The van der Waals surface area contributed by atoms with Crippen molar-refractivity contribution in [2.45, 2.75) is 6.92 Å². The lowest BCUT2D eigenvalue weighted by Gasteiger charge is -1.97. The largest absolute Gasteiger partial charge is 0.146 e. The van der Waals surface area contributed by atoms with Crippen molar-refractivity contribution in [3.05, 3.63) is 4.58 Å². The molecule has 0 nitrogen and oxygen atoms in total. The lowest BCUT2D eigenvalue weighted by atomic mass is 11.0. The van der Waals surface area contributed by atoms with Gasteiger partial charge < -0.3 is 0 Å². The van der Waals surface area contributed by atoms with Crippen molar-refractivity contribution in [1.29, 1.82) is 0 Å². The van der Waals surface area contributed by atoms with Crippen LogP contribution in [0.4, 0.5) is 0 Å². The molecule has 0 aliphatic rings. The maximum atomic E-state index is 2.12. The van der Waals surface area contributed by atoms with Gasteiger partial charge in [0.05, 0.1) is 4.58 Å². The van der Waals surface area contributed by atoms with E-state index in [1.54, 1.807) is 23.5 Å². The predicted octanol–water partition coefficient (Wildman–Crippen LogP) is 2.22. The first-order valence-electron chi connectivity index (χ1n) is 1.72. The Balaban J connectivity index is 2.75. The smallest absolute Gasteiger partial charge is 0.0811 e. The summed E-state index contributed by atoms with van der Waals surface area (Å²) >= 11 is 3.61. The zero-order valence-corrected chi connectivity index (χ0v) is 5.95. The van der Waals surface area contributed by atoms with Crippen LogP contribution >= 0.6 is 23.5 Å². The summed E-state index contributed by atoms with van der Waals surface area (Å²) in [6.07, 6.45) is 4.18. The summed E-state index contributed by atoms with van der Waals surface area (Å²) in [5.74, 6) is 0. The molecule has 0 N–H and O–H groups in total. The van der Waals surface area contributed by atoms with Crippen LogP contribution in [0.5, 0.6) is 0 Å². The van der Waals surface area contributed by atoms with Gasteiger partial charge in [0.1, 0.15) is 0 Å². The summed E-state index contributed by atoms with van der Waals surface area (Å²) in [6.45, 7) is 2.12. The molecule has 0 aliphatic carbocycles. The van der Waals surface area contributed by atoms with Gasteiger partial charge in [0.2, 0.25) is 0 Å². The first-order chi connectivity index (χ1) is 2.81. The summed E-state index contributed by atoms with van der Waals surface area (Å²) in [6, 6.07) is 0. The van der Waals surface area contributed by atoms with E-state index < -0.39 is 0 Å². The quantitative estimate of drug-likeness (QED) is 0.549. The Morgan fingerprint density at radius 1 is 1.17 bits per heavy atom. The highest BCUT2D eigenvalue weighted by molar-refractivity contribution is 8.20. The molecule has 0 aliphatic heterocycles. The Kier molecular flexibility index (Phi) is 4.33. The normalized spacial score (nSPS) is 10.0. The monoisotopic (exact) mass is 121 g/mol. The second-order valence-corrected chi connectivity index (χ2v) is 3.20. The average molecular weight is 121 g/mol. The molecule has 0 spiro atoms. The van der Waals surface area contributed by atoms with Gasteiger partial charge in [0.15, 0.2) is 0 Å². The molecule has 0 aromatic rings. The summed E-state index contributed by atoms with van der Waals surface area (Å²) in [5, 5.41) is 0. The Bertz CT molecular complexity index is 24.7. The minimum Gasteiger partial charge on any atom is -0.146 e. The van der Waals surface area contributed by atoms with E-state index in [0.717, 1.165) is 0 Å². The molecular formula is C4H9S2. The molecule has 0 unspecified atom stereocenters. The fraction of sp³-hybridized carbons (Fsp3) is 0.750. The van der Waals surface area contributed by atoms with Crippen LogP contribution in [0.1, 0.15) is 6.92 Å². The molecule has 37 valence electrons. The molecule has 0 heterocycles. The second kappa shape index (κ2) is 3.88. The Morgan fingerprint density at radius 3 is 1.50 bits per heavy atom. The molecule has 1 radical (unpaired) electrons. The first-order valence-corrected chi connectivity index (χ1v) is 4.17. The van der Waals surface area contributed by atoms with Crippen molar-refractivity contribution >= 4 is 23.5 Å². The van der Waals surface area contributed by atoms with E-state index in [0.29, 0.717) is 0 Å². The van der Waals surface area contributed by atoms with Gasteiger partial charge >= 0.3 is 0 Å². The van der Waals surface area contributed by atoms with E-state index >= 15 is 0 Å². The van der Waals surface area contributed by atoms with E-state index in [4.69, 9.17) is 0 Å². The van der Waals surface area contributed by atoms with Crippen LogP contribution < -0.4 is 0 Å². The Labute approximate surface area is 48.1 Å². The molecule has 0 saturated carbocycles. The molecule has 0 aromatic carbocycles. The molecule has 0 fully saturated rings. The molecule has 0 aromatic heterocycles. The molecule has 6 heavy (non-hydrogen) atoms. The Morgan fingerprint density at radius 2 is 1.50 bits per heavy atom. The minimum atomic E-state index is 1.43. The zero-order valence-electron chi connectivity index (χ0n) is 4.32. The lowest BCUT2D eigenvalue weighted by Crippen LogP contribution is -1.68. The topological polar surface area (TPSA) is 0 Å². The maximum Gasteiger partial charge on any atom is 0.0811 e. The molecule has 0 rings (SSSR count). The van der Waals surface area contributed by atoms with E-state index in [-0.39, 0.29) is 0 Å². The third kappa shape index (κ3) is 2.91. The van der Waals surface area contributed by atoms with Crippen molar-refractivity contribution < 1.29 is 0 Å². The summed E-state index contributed by atoms with van der Waals surface area (Å²) < 4.78 is 1.43. The van der Waals surface area contributed by atoms with E-state index in [1.165, 1.54) is 4.58 Å². The molecule has 0 atom stereocenters. The van der Waals surface area contributed by atoms with E-state index in [9.17, 15) is 0 Å². The average Bonchev–Trinajstić information content (AvgIpc) is 1.65. The number of hydrogen-bond acceptors (Lipinski definition) is 2. The highest BCUT2D eigenvalue weighted by Crippen LogP contribution is 2.25. The standard InChI is InChI=1S/C4H9S2/c1-4(5-2)6-3/h1-3H3. The van der Waals surface area contributed by atoms with Crippen molar-refractivity contribution in [2.75, 3.05) is 12.5 Å². The fourth-order valence-electron chi connectivity index (χ4n) is 0.0833. The minimum absolute atomic E-state index is 1.43. The summed E-state index contributed by atoms with van der Waals surface area (Å²) in [5.41, 5.74) is 0. The highest BCUT2D eigenvalue weighted by Gasteiger charge is 1.91. The third-order valence-corrected chi connectivity index (χ3v) is 2.72. The highest BCUT2D eigenvalue weighted by atomic mass is 32.2. The van der Waals surface area contributed by atoms with Crippen molar-refractivity contribution in [1.82, 2.24) is 0 Å². The van der Waals surface area contributed by atoms with Crippen molar-refractivity contribution in [3.8, 4) is 0 Å². The van der Waals surface area contributed by atoms with Gasteiger partial charge in [-0.3, -0.25) is 0 Å². The molecular weight excluding hydrogens is 112 g/mol. The first kappa shape index (κ1) is 6.70. The summed E-state index contributed by atoms with van der Waals surface area (Å²) in [7, 11) is 0. The molecule has 0 bridgehead atoms. The molecule has 2 heteroatoms. The maximum absolute atomic E-state index is 2.12. The van der Waals surface area contributed by atoms with Crippen LogP contribution in [-0.4, -0.2) is 12.5 Å². The van der Waals surface area contributed by atoms with Gasteiger partial charge in [-0.1, -0.05) is 0 Å². The van der Waals surface area contributed by atoms with Crippen molar-refractivity contribution in [2.24, 2.45) is 0 Å². The van der Waals surface area contributed by atoms with Gasteiger partial charge in [0, 0.05) is 0 Å². The van der Waals surface area contributed by atoms with E-state index in [2.05, 4.69) is 19.4 Å². The molecule has 0 amide bonds. The van der Waals surface area contributed by atoms with Crippen LogP contribution in [-0.2, 0) is 0 Å². The van der Waals surface area contributed by atoms with Gasteiger partial charge in [-0.2, -0.15) is 0 Å².